The molecule has 15 heavy (non-hydrogen) atoms. The van der Waals surface area contributed by atoms with Gasteiger partial charge in [-0.1, -0.05) is 12.1 Å². The molecule has 0 saturated carbocycles. The summed E-state index contributed by atoms with van der Waals surface area (Å²) >= 11 is 1.53. The van der Waals surface area contributed by atoms with Gasteiger partial charge >= 0.3 is 0 Å². The molecule has 0 N–H and O–H groups in total. The van der Waals surface area contributed by atoms with Crippen LogP contribution in [0.3, 0.4) is 0 Å². The molecule has 0 saturated heterocycles. The van der Waals surface area contributed by atoms with Crippen LogP contribution in [0, 0.1) is 5.82 Å². The van der Waals surface area contributed by atoms with E-state index in [9.17, 15) is 4.39 Å². The zero-order valence-electron chi connectivity index (χ0n) is 8.14. The number of hydrogen-bond donors (Lipinski definition) is 0. The molecule has 0 atom stereocenters. The molecular formula is C11H9FN2S. The lowest BCUT2D eigenvalue weighted by atomic mass is 10.1. The van der Waals surface area contributed by atoms with Gasteiger partial charge in [-0.05, 0) is 30.5 Å². The van der Waals surface area contributed by atoms with Crippen molar-refractivity contribution in [3.63, 3.8) is 0 Å². The molecule has 2 aromatic rings. The molecule has 2 rings (SSSR count). The Morgan fingerprint density at radius 1 is 1.13 bits per heavy atom. The van der Waals surface area contributed by atoms with E-state index in [4.69, 9.17) is 0 Å². The van der Waals surface area contributed by atoms with Gasteiger partial charge in [0.1, 0.15) is 10.8 Å². The predicted molar refractivity (Wildman–Crippen MR) is 59.2 cm³/mol. The monoisotopic (exact) mass is 220 g/mol. The summed E-state index contributed by atoms with van der Waals surface area (Å²) in [6.45, 7) is 0. The van der Waals surface area contributed by atoms with E-state index in [0.29, 0.717) is 5.69 Å². The molecule has 0 radical (unpaired) electrons. The smallest absolute Gasteiger partial charge is 0.123 e. The molecule has 1 aromatic heterocycles. The van der Waals surface area contributed by atoms with E-state index in [1.165, 1.54) is 23.9 Å². The molecule has 1 heterocycles. The minimum absolute atomic E-state index is 0.261. The minimum Gasteiger partial charge on any atom is -0.207 e. The number of rotatable bonds is 2. The first kappa shape index (κ1) is 10.1. The lowest BCUT2D eigenvalue weighted by molar-refractivity contribution is 0.628. The summed E-state index contributed by atoms with van der Waals surface area (Å²) in [7, 11) is 0. The van der Waals surface area contributed by atoms with E-state index in [1.807, 2.05) is 24.5 Å². The molecule has 0 aliphatic carbocycles. The Hall–Kier alpha value is -1.42. The van der Waals surface area contributed by atoms with Crippen molar-refractivity contribution in [1.29, 1.82) is 0 Å². The van der Waals surface area contributed by atoms with Gasteiger partial charge in [-0.2, -0.15) is 0 Å². The van der Waals surface area contributed by atoms with E-state index < -0.39 is 0 Å². The number of nitrogens with zero attached hydrogens (tertiary/aromatic N) is 2. The normalized spacial score (nSPS) is 10.3. The summed E-state index contributed by atoms with van der Waals surface area (Å²) in [4.78, 5) is 0. The van der Waals surface area contributed by atoms with Crippen molar-refractivity contribution in [2.45, 2.75) is 5.03 Å². The van der Waals surface area contributed by atoms with Crippen LogP contribution in [0.1, 0.15) is 0 Å². The molecule has 0 bridgehead atoms. The van der Waals surface area contributed by atoms with Gasteiger partial charge in [-0.3, -0.25) is 0 Å². The molecule has 0 amide bonds. The van der Waals surface area contributed by atoms with Gasteiger partial charge < -0.3 is 0 Å². The average Bonchev–Trinajstić information content (AvgIpc) is 2.29. The third-order valence-electron chi connectivity index (χ3n) is 1.97. The zero-order valence-corrected chi connectivity index (χ0v) is 8.96. The van der Waals surface area contributed by atoms with Crippen molar-refractivity contribution in [2.75, 3.05) is 6.26 Å². The first-order valence-corrected chi connectivity index (χ1v) is 5.66. The Balaban J connectivity index is 2.37. The maximum absolute atomic E-state index is 12.9. The number of aromatic nitrogens is 2. The maximum atomic E-state index is 12.9. The van der Waals surface area contributed by atoms with Crippen LogP contribution in [0.4, 0.5) is 4.39 Å². The summed E-state index contributed by atoms with van der Waals surface area (Å²) in [5, 5.41) is 8.87. The van der Waals surface area contributed by atoms with Crippen LogP contribution >= 0.6 is 11.8 Å². The van der Waals surface area contributed by atoms with Crippen LogP contribution in [0.25, 0.3) is 11.3 Å². The number of thioether (sulfide) groups is 1. The first-order chi connectivity index (χ1) is 7.29. The van der Waals surface area contributed by atoms with Gasteiger partial charge in [0.25, 0.3) is 0 Å². The Morgan fingerprint density at radius 3 is 2.60 bits per heavy atom. The van der Waals surface area contributed by atoms with Gasteiger partial charge in [0.15, 0.2) is 0 Å². The highest BCUT2D eigenvalue weighted by atomic mass is 32.2. The molecule has 4 heteroatoms. The minimum atomic E-state index is -0.261. The largest absolute Gasteiger partial charge is 0.207 e. The number of hydrogen-bond acceptors (Lipinski definition) is 3. The van der Waals surface area contributed by atoms with Crippen LogP contribution < -0.4 is 0 Å². The van der Waals surface area contributed by atoms with Gasteiger partial charge in [0, 0.05) is 5.56 Å². The highest BCUT2D eigenvalue weighted by Gasteiger charge is 2.01. The first-order valence-electron chi connectivity index (χ1n) is 4.43. The Morgan fingerprint density at radius 2 is 2.00 bits per heavy atom. The van der Waals surface area contributed by atoms with Crippen LogP contribution in [0.15, 0.2) is 41.4 Å². The third kappa shape index (κ3) is 2.33. The van der Waals surface area contributed by atoms with Crippen LogP contribution in [0.2, 0.25) is 0 Å². The number of benzene rings is 1. The second-order valence-corrected chi connectivity index (χ2v) is 3.80. The fraction of sp³-hybridized carbons (Fsp3) is 0.0909. The van der Waals surface area contributed by atoms with E-state index >= 15 is 0 Å². The van der Waals surface area contributed by atoms with E-state index in [2.05, 4.69) is 10.2 Å². The topological polar surface area (TPSA) is 25.8 Å². The van der Waals surface area contributed by atoms with Crippen molar-refractivity contribution in [3.8, 4) is 11.3 Å². The maximum Gasteiger partial charge on any atom is 0.123 e. The summed E-state index contributed by atoms with van der Waals surface area (Å²) in [6.07, 6.45) is 1.94. The molecule has 0 unspecified atom stereocenters. The van der Waals surface area contributed by atoms with E-state index in [0.717, 1.165) is 10.6 Å². The van der Waals surface area contributed by atoms with Crippen molar-refractivity contribution in [2.24, 2.45) is 0 Å². The third-order valence-corrected chi connectivity index (χ3v) is 2.61. The molecule has 0 fully saturated rings. The second kappa shape index (κ2) is 4.40. The molecule has 76 valence electrons. The summed E-state index contributed by atoms with van der Waals surface area (Å²) < 4.78 is 12.9. The standard InChI is InChI=1S/C11H9FN2S/c1-15-11-6-5-10(13-14-11)8-3-2-4-9(12)7-8/h2-7H,1H3. The van der Waals surface area contributed by atoms with Gasteiger partial charge in [-0.15, -0.1) is 22.0 Å². The second-order valence-electron chi connectivity index (χ2n) is 2.97. The Kier molecular flexibility index (Phi) is 2.97. The zero-order chi connectivity index (χ0) is 10.7. The van der Waals surface area contributed by atoms with Crippen molar-refractivity contribution in [1.82, 2.24) is 10.2 Å². The highest BCUT2D eigenvalue weighted by Crippen LogP contribution is 2.18. The van der Waals surface area contributed by atoms with Crippen LogP contribution in [-0.4, -0.2) is 16.5 Å². The summed E-state index contributed by atoms with van der Waals surface area (Å²) in [6, 6.07) is 10.0. The molecule has 0 spiro atoms. The lowest BCUT2D eigenvalue weighted by Gasteiger charge is -2.00. The molecule has 1 aromatic carbocycles. The fourth-order valence-corrected chi connectivity index (χ4v) is 1.56. The molecular weight excluding hydrogens is 211 g/mol. The number of halogens is 1. The molecule has 2 nitrogen and oxygen atoms in total. The average molecular weight is 220 g/mol. The highest BCUT2D eigenvalue weighted by molar-refractivity contribution is 7.98. The van der Waals surface area contributed by atoms with Crippen LogP contribution in [0.5, 0.6) is 0 Å². The van der Waals surface area contributed by atoms with E-state index in [1.54, 1.807) is 6.07 Å². The summed E-state index contributed by atoms with van der Waals surface area (Å²) in [5.41, 5.74) is 1.43. The van der Waals surface area contributed by atoms with Crippen molar-refractivity contribution in [3.05, 3.63) is 42.2 Å². The van der Waals surface area contributed by atoms with E-state index in [-0.39, 0.29) is 5.82 Å². The Labute approximate surface area is 91.5 Å². The van der Waals surface area contributed by atoms with Gasteiger partial charge in [0.2, 0.25) is 0 Å². The SMILES string of the molecule is CSc1ccc(-c2cccc(F)c2)nn1. The molecule has 0 aliphatic rings. The molecule has 0 aliphatic heterocycles. The summed E-state index contributed by atoms with van der Waals surface area (Å²) in [5.74, 6) is -0.261. The lowest BCUT2D eigenvalue weighted by Crippen LogP contribution is -1.89. The Bertz CT molecular complexity index is 456. The van der Waals surface area contributed by atoms with Gasteiger partial charge in [-0.25, -0.2) is 4.39 Å². The van der Waals surface area contributed by atoms with Crippen LogP contribution in [-0.2, 0) is 0 Å². The van der Waals surface area contributed by atoms with Gasteiger partial charge in [0.05, 0.1) is 5.69 Å². The van der Waals surface area contributed by atoms with Crippen molar-refractivity contribution >= 4 is 11.8 Å². The predicted octanol–water partition coefficient (Wildman–Crippen LogP) is 3.00. The quantitative estimate of drug-likeness (QED) is 0.727. The fourth-order valence-electron chi connectivity index (χ4n) is 1.23. The van der Waals surface area contributed by atoms with Crippen molar-refractivity contribution < 1.29 is 4.39 Å².